The highest BCUT2D eigenvalue weighted by Crippen LogP contribution is 2.29. The molecular weight excluding hydrogens is 322 g/mol. The van der Waals surface area contributed by atoms with Crippen LogP contribution in [0.1, 0.15) is 18.5 Å². The van der Waals surface area contributed by atoms with Crippen LogP contribution in [-0.2, 0) is 0 Å². The largest absolute Gasteiger partial charge is 0.497 e. The van der Waals surface area contributed by atoms with Crippen molar-refractivity contribution in [3.05, 3.63) is 40.6 Å². The number of hydrogen-bond acceptors (Lipinski definition) is 6. The number of methoxy groups -OCH3 is 1. The molecule has 1 atom stereocenters. The molecule has 20 heavy (non-hydrogen) atoms. The third kappa shape index (κ3) is 3.17. The van der Waals surface area contributed by atoms with Crippen molar-refractivity contribution in [2.75, 3.05) is 17.9 Å². The first kappa shape index (κ1) is 14.5. The van der Waals surface area contributed by atoms with Gasteiger partial charge in [0.2, 0.25) is 0 Å². The van der Waals surface area contributed by atoms with Crippen LogP contribution >= 0.6 is 15.9 Å². The third-order valence-corrected chi connectivity index (χ3v) is 3.65. The zero-order valence-electron chi connectivity index (χ0n) is 11.2. The summed E-state index contributed by atoms with van der Waals surface area (Å²) >= 11 is 3.42. The van der Waals surface area contributed by atoms with E-state index in [1.807, 2.05) is 31.2 Å². The van der Waals surface area contributed by atoms with Crippen molar-refractivity contribution in [1.82, 2.24) is 9.97 Å². The summed E-state index contributed by atoms with van der Waals surface area (Å²) in [6.45, 7) is 2.05. The van der Waals surface area contributed by atoms with Gasteiger partial charge in [-0.25, -0.2) is 15.8 Å². The normalized spacial score (nSPS) is 11.8. The van der Waals surface area contributed by atoms with E-state index in [9.17, 15) is 0 Å². The second kappa shape index (κ2) is 6.53. The lowest BCUT2D eigenvalue weighted by atomic mass is 10.1. The quantitative estimate of drug-likeness (QED) is 0.574. The first-order valence-electron chi connectivity index (χ1n) is 6.03. The molecule has 0 radical (unpaired) electrons. The Labute approximate surface area is 125 Å². The molecule has 0 saturated heterocycles. The van der Waals surface area contributed by atoms with Gasteiger partial charge in [0.25, 0.3) is 0 Å². The molecule has 1 heterocycles. The lowest BCUT2D eigenvalue weighted by molar-refractivity contribution is 0.414. The van der Waals surface area contributed by atoms with Gasteiger partial charge in [-0.1, -0.05) is 12.1 Å². The van der Waals surface area contributed by atoms with Gasteiger partial charge in [0.15, 0.2) is 5.82 Å². The summed E-state index contributed by atoms with van der Waals surface area (Å²) in [7, 11) is 1.65. The van der Waals surface area contributed by atoms with E-state index in [-0.39, 0.29) is 6.04 Å². The van der Waals surface area contributed by atoms with Crippen molar-refractivity contribution in [3.8, 4) is 5.75 Å². The van der Waals surface area contributed by atoms with E-state index in [2.05, 4.69) is 36.6 Å². The van der Waals surface area contributed by atoms with Crippen LogP contribution in [0.4, 0.5) is 11.6 Å². The molecule has 7 heteroatoms. The third-order valence-electron chi connectivity index (χ3n) is 2.90. The van der Waals surface area contributed by atoms with Crippen molar-refractivity contribution in [1.29, 1.82) is 0 Å². The Morgan fingerprint density at radius 2 is 1.85 bits per heavy atom. The number of anilines is 2. The second-order valence-corrected chi connectivity index (χ2v) is 4.96. The summed E-state index contributed by atoms with van der Waals surface area (Å²) in [5.41, 5.74) is 3.63. The molecule has 0 aliphatic heterocycles. The average molecular weight is 338 g/mol. The molecule has 2 rings (SSSR count). The molecule has 106 valence electrons. The number of nitrogens with zero attached hydrogens (tertiary/aromatic N) is 2. The maximum atomic E-state index is 5.38. The number of rotatable bonds is 5. The van der Waals surface area contributed by atoms with Crippen molar-refractivity contribution in [3.63, 3.8) is 0 Å². The zero-order valence-corrected chi connectivity index (χ0v) is 12.8. The zero-order chi connectivity index (χ0) is 14.5. The van der Waals surface area contributed by atoms with Crippen LogP contribution < -0.4 is 21.3 Å². The number of nitrogens with one attached hydrogen (secondary N) is 2. The monoisotopic (exact) mass is 337 g/mol. The smallest absolute Gasteiger partial charge is 0.159 e. The standard InChI is InChI=1S/C13H16BrN5O/c1-8(9-3-5-10(20-2)6-4-9)18-12-11(14)13(19-15)17-7-16-12/h3-8H,15H2,1-2H3,(H2,16,17,18,19). The van der Waals surface area contributed by atoms with Crippen LogP contribution in [0.15, 0.2) is 35.1 Å². The number of nitrogen functional groups attached to an aromatic ring is 1. The summed E-state index contributed by atoms with van der Waals surface area (Å²) < 4.78 is 5.84. The van der Waals surface area contributed by atoms with Crippen molar-refractivity contribution in [2.24, 2.45) is 5.84 Å². The predicted molar refractivity (Wildman–Crippen MR) is 82.6 cm³/mol. The molecule has 0 aliphatic rings. The summed E-state index contributed by atoms with van der Waals surface area (Å²) in [5, 5.41) is 3.30. The molecule has 0 spiro atoms. The molecule has 0 amide bonds. The van der Waals surface area contributed by atoms with Gasteiger partial charge in [0.1, 0.15) is 22.4 Å². The molecule has 4 N–H and O–H groups in total. The van der Waals surface area contributed by atoms with E-state index in [1.165, 1.54) is 6.33 Å². The molecule has 0 bridgehead atoms. The number of halogens is 1. The van der Waals surface area contributed by atoms with E-state index in [1.54, 1.807) is 7.11 Å². The Morgan fingerprint density at radius 3 is 2.45 bits per heavy atom. The van der Waals surface area contributed by atoms with Gasteiger partial charge >= 0.3 is 0 Å². The number of benzene rings is 1. The molecule has 1 unspecified atom stereocenters. The van der Waals surface area contributed by atoms with E-state index >= 15 is 0 Å². The molecule has 1 aromatic carbocycles. The highest BCUT2D eigenvalue weighted by atomic mass is 79.9. The number of ether oxygens (including phenoxy) is 1. The lowest BCUT2D eigenvalue weighted by Crippen LogP contribution is -2.13. The molecule has 0 saturated carbocycles. The van der Waals surface area contributed by atoms with E-state index in [4.69, 9.17) is 10.6 Å². The topological polar surface area (TPSA) is 85.1 Å². The number of hydrogen-bond donors (Lipinski definition) is 3. The van der Waals surface area contributed by atoms with Crippen molar-refractivity contribution < 1.29 is 4.74 Å². The Hall–Kier alpha value is -1.86. The molecule has 1 aromatic heterocycles. The van der Waals surface area contributed by atoms with Crippen molar-refractivity contribution >= 4 is 27.6 Å². The number of nitrogens with two attached hydrogens (primary N) is 1. The second-order valence-electron chi connectivity index (χ2n) is 4.17. The Kier molecular flexibility index (Phi) is 4.75. The summed E-state index contributed by atoms with van der Waals surface area (Å²) in [5.74, 6) is 7.42. The van der Waals surface area contributed by atoms with Gasteiger partial charge in [0.05, 0.1) is 7.11 Å². The maximum absolute atomic E-state index is 5.38. The molecule has 2 aromatic rings. The summed E-state index contributed by atoms with van der Waals surface area (Å²) in [4.78, 5) is 8.21. The minimum atomic E-state index is 0.0812. The highest BCUT2D eigenvalue weighted by molar-refractivity contribution is 9.10. The van der Waals surface area contributed by atoms with Gasteiger partial charge in [-0.15, -0.1) is 0 Å². The molecular formula is C13H16BrN5O. The van der Waals surface area contributed by atoms with Gasteiger partial charge in [0, 0.05) is 6.04 Å². The van der Waals surface area contributed by atoms with E-state index < -0.39 is 0 Å². The minimum Gasteiger partial charge on any atom is -0.497 e. The van der Waals surface area contributed by atoms with Crippen LogP contribution in [0.25, 0.3) is 0 Å². The van der Waals surface area contributed by atoms with Crippen molar-refractivity contribution in [2.45, 2.75) is 13.0 Å². The number of aromatic nitrogens is 2. The van der Waals surface area contributed by atoms with Crippen LogP contribution in [0.2, 0.25) is 0 Å². The average Bonchev–Trinajstić information content (AvgIpc) is 2.49. The first-order chi connectivity index (χ1) is 9.65. The minimum absolute atomic E-state index is 0.0812. The van der Waals surface area contributed by atoms with Crippen LogP contribution in [0.3, 0.4) is 0 Å². The maximum Gasteiger partial charge on any atom is 0.159 e. The van der Waals surface area contributed by atoms with Gasteiger partial charge in [-0.2, -0.15) is 0 Å². The number of hydrazine groups is 1. The van der Waals surface area contributed by atoms with Crippen LogP contribution in [-0.4, -0.2) is 17.1 Å². The fraction of sp³-hybridized carbons (Fsp3) is 0.231. The highest BCUT2D eigenvalue weighted by Gasteiger charge is 2.11. The Bertz CT molecular complexity index is 575. The summed E-state index contributed by atoms with van der Waals surface area (Å²) in [6.07, 6.45) is 1.45. The van der Waals surface area contributed by atoms with Gasteiger partial charge in [-0.05, 0) is 40.5 Å². The Balaban J connectivity index is 2.16. The van der Waals surface area contributed by atoms with Gasteiger partial charge in [-0.3, -0.25) is 0 Å². The predicted octanol–water partition coefficient (Wildman–Crippen LogP) is 2.71. The molecule has 0 fully saturated rings. The fourth-order valence-corrected chi connectivity index (χ4v) is 2.19. The van der Waals surface area contributed by atoms with Gasteiger partial charge < -0.3 is 15.5 Å². The van der Waals surface area contributed by atoms with E-state index in [0.717, 1.165) is 11.3 Å². The van der Waals surface area contributed by atoms with E-state index in [0.29, 0.717) is 16.1 Å². The lowest BCUT2D eigenvalue weighted by Gasteiger charge is -2.17. The fourth-order valence-electron chi connectivity index (χ4n) is 1.75. The molecule has 0 aliphatic carbocycles. The molecule has 6 nitrogen and oxygen atoms in total. The SMILES string of the molecule is COc1ccc(C(C)Nc2ncnc(NN)c2Br)cc1. The Morgan fingerprint density at radius 1 is 1.20 bits per heavy atom. The summed E-state index contributed by atoms with van der Waals surface area (Å²) in [6, 6.07) is 7.95. The van der Waals surface area contributed by atoms with Crippen LogP contribution in [0, 0.1) is 0 Å². The first-order valence-corrected chi connectivity index (χ1v) is 6.82. The van der Waals surface area contributed by atoms with Crippen LogP contribution in [0.5, 0.6) is 5.75 Å².